The Morgan fingerprint density at radius 1 is 1.20 bits per heavy atom. The molecular weight excluding hydrogens is 398 g/mol. The number of hydrogen-bond donors (Lipinski definition) is 1. The zero-order valence-electron chi connectivity index (χ0n) is 17.7. The van der Waals surface area contributed by atoms with Crippen LogP contribution in [0.3, 0.4) is 0 Å². The lowest BCUT2D eigenvalue weighted by atomic mass is 9.84. The van der Waals surface area contributed by atoms with Crippen molar-refractivity contribution in [2.24, 2.45) is 0 Å². The Balaban J connectivity index is 1.36. The lowest BCUT2D eigenvalue weighted by Crippen LogP contribution is -2.36. The number of benzene rings is 1. The predicted octanol–water partition coefficient (Wildman–Crippen LogP) is 4.62. The Kier molecular flexibility index (Phi) is 4.47. The molecule has 0 saturated heterocycles. The second-order valence-corrected chi connectivity index (χ2v) is 9.81. The zero-order valence-corrected chi connectivity index (χ0v) is 18.5. The van der Waals surface area contributed by atoms with Gasteiger partial charge < -0.3 is 14.8 Å². The lowest BCUT2D eigenvalue weighted by Gasteiger charge is -2.26. The summed E-state index contributed by atoms with van der Waals surface area (Å²) in [5.41, 5.74) is 2.77. The minimum absolute atomic E-state index is 0.0586. The number of ether oxygens (including phenoxy) is 2. The van der Waals surface area contributed by atoms with Gasteiger partial charge in [-0.1, -0.05) is 19.9 Å². The largest absolute Gasteiger partial charge is 0.454 e. The maximum atomic E-state index is 13.0. The van der Waals surface area contributed by atoms with E-state index >= 15 is 0 Å². The molecule has 0 atom stereocenters. The van der Waals surface area contributed by atoms with Crippen molar-refractivity contribution in [1.82, 2.24) is 15.3 Å². The summed E-state index contributed by atoms with van der Waals surface area (Å²) in [5, 5.41) is 4.15. The summed E-state index contributed by atoms with van der Waals surface area (Å²) in [7, 11) is 0. The summed E-state index contributed by atoms with van der Waals surface area (Å²) in [4.78, 5) is 24.1. The second-order valence-electron chi connectivity index (χ2n) is 8.81. The Morgan fingerprint density at radius 2 is 1.97 bits per heavy atom. The second kappa shape index (κ2) is 6.94. The van der Waals surface area contributed by atoms with E-state index in [1.807, 2.05) is 32.0 Å². The van der Waals surface area contributed by atoms with Crippen LogP contribution in [0.25, 0.3) is 10.2 Å². The molecule has 0 bridgehead atoms. The average Bonchev–Trinajstić information content (AvgIpc) is 3.36. The van der Waals surface area contributed by atoms with Crippen LogP contribution in [0.2, 0.25) is 0 Å². The van der Waals surface area contributed by atoms with Gasteiger partial charge in [0.15, 0.2) is 11.5 Å². The monoisotopic (exact) mass is 423 g/mol. The summed E-state index contributed by atoms with van der Waals surface area (Å²) >= 11 is 1.47. The molecule has 1 saturated carbocycles. The molecule has 1 N–H and O–H groups in total. The van der Waals surface area contributed by atoms with Crippen LogP contribution in [-0.2, 0) is 5.41 Å². The molecule has 6 nitrogen and oxygen atoms in total. The van der Waals surface area contributed by atoms with Crippen molar-refractivity contribution < 1.29 is 14.3 Å². The van der Waals surface area contributed by atoms with Crippen LogP contribution < -0.4 is 14.8 Å². The van der Waals surface area contributed by atoms with E-state index in [1.165, 1.54) is 11.3 Å². The lowest BCUT2D eigenvalue weighted by molar-refractivity contribution is 0.0949. The van der Waals surface area contributed by atoms with Crippen molar-refractivity contribution in [2.45, 2.75) is 51.9 Å². The quantitative estimate of drug-likeness (QED) is 0.648. The minimum Gasteiger partial charge on any atom is -0.454 e. The van der Waals surface area contributed by atoms with Gasteiger partial charge in [0.2, 0.25) is 6.79 Å². The number of aryl methyl sites for hydroxylation is 2. The highest BCUT2D eigenvalue weighted by molar-refractivity contribution is 7.20. The van der Waals surface area contributed by atoms with E-state index in [0.29, 0.717) is 12.5 Å². The van der Waals surface area contributed by atoms with Crippen molar-refractivity contribution in [3.05, 3.63) is 45.7 Å². The van der Waals surface area contributed by atoms with Crippen LogP contribution in [-0.4, -0.2) is 29.2 Å². The standard InChI is InChI=1S/C23H25N3O3S/c1-12-18-13(2)25-20(14-5-6-14)26-22(18)30-19(12)21(27)24-10-23(3,4)15-7-8-16-17(9-15)29-11-28-16/h7-9,14H,5-6,10-11H2,1-4H3,(H,24,27). The molecule has 3 aromatic rings. The van der Waals surface area contributed by atoms with E-state index in [0.717, 1.165) is 62.1 Å². The summed E-state index contributed by atoms with van der Waals surface area (Å²) in [6.07, 6.45) is 2.33. The van der Waals surface area contributed by atoms with Crippen LogP contribution in [0.15, 0.2) is 18.2 Å². The molecule has 0 radical (unpaired) electrons. The molecule has 5 rings (SSSR count). The third-order valence-corrected chi connectivity index (χ3v) is 7.17. The van der Waals surface area contributed by atoms with Gasteiger partial charge in [0.1, 0.15) is 10.7 Å². The summed E-state index contributed by atoms with van der Waals surface area (Å²) in [5.74, 6) is 2.89. The molecule has 7 heteroatoms. The Bertz CT molecular complexity index is 1160. The molecule has 30 heavy (non-hydrogen) atoms. The smallest absolute Gasteiger partial charge is 0.261 e. The van der Waals surface area contributed by atoms with Crippen LogP contribution >= 0.6 is 11.3 Å². The number of nitrogens with zero attached hydrogens (tertiary/aromatic N) is 2. The number of amides is 1. The summed E-state index contributed by atoms with van der Waals surface area (Å²) in [6, 6.07) is 5.95. The predicted molar refractivity (Wildman–Crippen MR) is 117 cm³/mol. The first-order valence-electron chi connectivity index (χ1n) is 10.3. The Labute approximate surface area is 179 Å². The zero-order chi connectivity index (χ0) is 21.0. The molecule has 1 aliphatic carbocycles. The molecule has 0 spiro atoms. The Morgan fingerprint density at radius 3 is 2.73 bits per heavy atom. The number of fused-ring (bicyclic) bond motifs is 2. The molecule has 1 fully saturated rings. The van der Waals surface area contributed by atoms with E-state index in [-0.39, 0.29) is 18.1 Å². The molecule has 156 valence electrons. The maximum Gasteiger partial charge on any atom is 0.261 e. The SMILES string of the molecule is Cc1nc(C2CC2)nc2sc(C(=O)NCC(C)(C)c3ccc4c(c3)OCO4)c(C)c12. The third-order valence-electron chi connectivity index (χ3n) is 5.98. The fraction of sp³-hybridized carbons (Fsp3) is 0.435. The topological polar surface area (TPSA) is 73.3 Å². The molecule has 1 aliphatic heterocycles. The molecule has 0 unspecified atom stereocenters. The molecule has 2 aromatic heterocycles. The molecule has 3 heterocycles. The van der Waals surface area contributed by atoms with Crippen molar-refractivity contribution >= 4 is 27.5 Å². The van der Waals surface area contributed by atoms with Gasteiger partial charge >= 0.3 is 0 Å². The van der Waals surface area contributed by atoms with E-state index in [4.69, 9.17) is 19.4 Å². The van der Waals surface area contributed by atoms with Gasteiger partial charge in [0.25, 0.3) is 5.91 Å². The normalized spacial score (nSPS) is 15.6. The van der Waals surface area contributed by atoms with E-state index in [2.05, 4.69) is 19.2 Å². The van der Waals surface area contributed by atoms with Gasteiger partial charge in [-0.05, 0) is 49.9 Å². The summed E-state index contributed by atoms with van der Waals surface area (Å²) in [6.45, 7) is 8.99. The van der Waals surface area contributed by atoms with Crippen LogP contribution in [0, 0.1) is 13.8 Å². The number of aromatic nitrogens is 2. The fourth-order valence-corrected chi connectivity index (χ4v) is 5.06. The number of carbonyl (C=O) groups excluding carboxylic acids is 1. The highest BCUT2D eigenvalue weighted by Crippen LogP contribution is 2.40. The van der Waals surface area contributed by atoms with Crippen molar-refractivity contribution in [3.8, 4) is 11.5 Å². The maximum absolute atomic E-state index is 13.0. The van der Waals surface area contributed by atoms with Crippen LogP contribution in [0.5, 0.6) is 11.5 Å². The van der Waals surface area contributed by atoms with Gasteiger partial charge in [-0.3, -0.25) is 4.79 Å². The number of nitrogens with one attached hydrogen (secondary N) is 1. The molecule has 2 aliphatic rings. The number of carbonyl (C=O) groups is 1. The first-order valence-corrected chi connectivity index (χ1v) is 11.1. The molecule has 1 aromatic carbocycles. The van der Waals surface area contributed by atoms with Gasteiger partial charge in [-0.25, -0.2) is 9.97 Å². The average molecular weight is 424 g/mol. The van der Waals surface area contributed by atoms with Gasteiger partial charge in [-0.15, -0.1) is 11.3 Å². The number of hydrogen-bond acceptors (Lipinski definition) is 6. The van der Waals surface area contributed by atoms with Crippen molar-refractivity contribution in [1.29, 1.82) is 0 Å². The molecular formula is C23H25N3O3S. The van der Waals surface area contributed by atoms with Gasteiger partial charge in [0.05, 0.1) is 10.6 Å². The number of thiophene rings is 1. The summed E-state index contributed by atoms with van der Waals surface area (Å²) < 4.78 is 10.9. The van der Waals surface area contributed by atoms with Crippen LogP contribution in [0.4, 0.5) is 0 Å². The first kappa shape index (κ1) is 19.3. The minimum atomic E-state index is -0.254. The van der Waals surface area contributed by atoms with Crippen molar-refractivity contribution in [3.63, 3.8) is 0 Å². The molecule has 1 amide bonds. The first-order chi connectivity index (χ1) is 14.3. The van der Waals surface area contributed by atoms with Gasteiger partial charge in [0, 0.05) is 23.3 Å². The van der Waals surface area contributed by atoms with E-state index in [9.17, 15) is 4.79 Å². The number of rotatable bonds is 5. The Hall–Kier alpha value is -2.67. The highest BCUT2D eigenvalue weighted by Gasteiger charge is 2.29. The van der Waals surface area contributed by atoms with Crippen molar-refractivity contribution in [2.75, 3.05) is 13.3 Å². The van der Waals surface area contributed by atoms with Crippen LogP contribution in [0.1, 0.15) is 64.9 Å². The third kappa shape index (κ3) is 3.31. The van der Waals surface area contributed by atoms with Gasteiger partial charge in [-0.2, -0.15) is 0 Å². The van der Waals surface area contributed by atoms with E-state index < -0.39 is 0 Å². The fourth-order valence-electron chi connectivity index (χ4n) is 3.90. The highest BCUT2D eigenvalue weighted by atomic mass is 32.1. The van der Waals surface area contributed by atoms with E-state index in [1.54, 1.807) is 0 Å².